The molecule has 2 aliphatic rings. The number of ether oxygens (including phenoxy) is 1. The number of amides is 1. The summed E-state index contributed by atoms with van der Waals surface area (Å²) in [5.74, 6) is 1.83. The Morgan fingerprint density at radius 2 is 1.96 bits per heavy atom. The zero-order valence-electron chi connectivity index (χ0n) is 14.7. The topological polar surface area (TPSA) is 58.8 Å². The van der Waals surface area contributed by atoms with Crippen molar-refractivity contribution in [3.05, 3.63) is 46.8 Å². The molecule has 0 N–H and O–H groups in total. The van der Waals surface area contributed by atoms with Crippen molar-refractivity contribution in [2.45, 2.75) is 32.9 Å². The smallest absolute Gasteiger partial charge is 0.264 e. The van der Waals surface area contributed by atoms with Crippen LogP contribution in [0.15, 0.2) is 28.8 Å². The molecule has 4 rings (SSSR count). The van der Waals surface area contributed by atoms with Crippen molar-refractivity contribution in [3.63, 3.8) is 0 Å². The Morgan fingerprint density at radius 1 is 1.20 bits per heavy atom. The summed E-state index contributed by atoms with van der Waals surface area (Å²) in [5, 5.41) is 4.01. The highest BCUT2D eigenvalue weighted by molar-refractivity contribution is 5.82. The van der Waals surface area contributed by atoms with E-state index in [1.807, 2.05) is 43.0 Å². The van der Waals surface area contributed by atoms with Gasteiger partial charge in [0.1, 0.15) is 11.5 Å². The molecule has 1 atom stereocenters. The lowest BCUT2D eigenvalue weighted by Gasteiger charge is -2.35. The quantitative estimate of drug-likeness (QED) is 0.854. The van der Waals surface area contributed by atoms with Gasteiger partial charge in [-0.05, 0) is 25.5 Å². The van der Waals surface area contributed by atoms with Gasteiger partial charge in [0.2, 0.25) is 0 Å². The van der Waals surface area contributed by atoms with Gasteiger partial charge in [-0.3, -0.25) is 9.69 Å². The number of piperazine rings is 1. The summed E-state index contributed by atoms with van der Waals surface area (Å²) in [6.07, 6.45) is 0.306. The molecule has 6 heteroatoms. The summed E-state index contributed by atoms with van der Waals surface area (Å²) in [4.78, 5) is 17.0. The van der Waals surface area contributed by atoms with Crippen LogP contribution in [0.5, 0.6) is 5.75 Å². The van der Waals surface area contributed by atoms with Crippen LogP contribution in [-0.4, -0.2) is 53.1 Å². The molecule has 6 nitrogen and oxygen atoms in total. The van der Waals surface area contributed by atoms with E-state index in [-0.39, 0.29) is 12.0 Å². The molecule has 0 radical (unpaired) electrons. The summed E-state index contributed by atoms with van der Waals surface area (Å²) in [5.41, 5.74) is 3.24. The van der Waals surface area contributed by atoms with Gasteiger partial charge >= 0.3 is 0 Å². The van der Waals surface area contributed by atoms with Gasteiger partial charge in [-0.1, -0.05) is 23.4 Å². The van der Waals surface area contributed by atoms with E-state index in [9.17, 15) is 4.79 Å². The van der Waals surface area contributed by atoms with Crippen LogP contribution in [0, 0.1) is 13.8 Å². The van der Waals surface area contributed by atoms with Gasteiger partial charge in [-0.2, -0.15) is 0 Å². The van der Waals surface area contributed by atoms with Crippen LogP contribution < -0.4 is 4.74 Å². The van der Waals surface area contributed by atoms with Gasteiger partial charge in [-0.15, -0.1) is 0 Å². The Hall–Kier alpha value is -2.34. The molecule has 132 valence electrons. The number of aryl methyl sites for hydroxylation is 2. The third-order valence-corrected chi connectivity index (χ3v) is 5.17. The minimum atomic E-state index is -0.369. The Kier molecular flexibility index (Phi) is 4.21. The fourth-order valence-electron chi connectivity index (χ4n) is 3.60. The molecule has 2 aliphatic heterocycles. The first-order valence-corrected chi connectivity index (χ1v) is 8.79. The predicted octanol–water partition coefficient (Wildman–Crippen LogP) is 1.94. The fourth-order valence-corrected chi connectivity index (χ4v) is 3.60. The SMILES string of the molecule is Cc1noc(C)c1CN1CCN(C(=O)C2Cc3ccccc3O2)CC1. The van der Waals surface area contributed by atoms with E-state index in [2.05, 4.69) is 10.1 Å². The van der Waals surface area contributed by atoms with Crippen molar-refractivity contribution in [3.8, 4) is 5.75 Å². The minimum Gasteiger partial charge on any atom is -0.480 e. The number of carbonyl (C=O) groups excluding carboxylic acids is 1. The molecule has 0 spiro atoms. The number of benzene rings is 1. The predicted molar refractivity (Wildman–Crippen MR) is 92.4 cm³/mol. The third-order valence-electron chi connectivity index (χ3n) is 5.17. The Balaban J connectivity index is 1.32. The molecule has 1 aromatic heterocycles. The number of para-hydroxylation sites is 1. The second-order valence-electron chi connectivity index (χ2n) is 6.82. The summed E-state index contributed by atoms with van der Waals surface area (Å²) in [6, 6.07) is 7.90. The van der Waals surface area contributed by atoms with Gasteiger partial charge in [0.05, 0.1) is 5.69 Å². The zero-order chi connectivity index (χ0) is 17.4. The Morgan fingerprint density at radius 3 is 2.64 bits per heavy atom. The first kappa shape index (κ1) is 16.1. The molecule has 25 heavy (non-hydrogen) atoms. The highest BCUT2D eigenvalue weighted by Crippen LogP contribution is 2.29. The number of aromatic nitrogens is 1. The number of nitrogens with zero attached hydrogens (tertiary/aromatic N) is 3. The van der Waals surface area contributed by atoms with Gasteiger partial charge < -0.3 is 14.2 Å². The van der Waals surface area contributed by atoms with E-state index in [1.54, 1.807) is 0 Å². The average molecular weight is 341 g/mol. The van der Waals surface area contributed by atoms with Gasteiger partial charge in [0.15, 0.2) is 6.10 Å². The molecule has 1 unspecified atom stereocenters. The molecule has 1 saturated heterocycles. The van der Waals surface area contributed by atoms with Crippen molar-refractivity contribution in [1.82, 2.24) is 15.0 Å². The molecular formula is C19H23N3O3. The van der Waals surface area contributed by atoms with Crippen molar-refractivity contribution in [1.29, 1.82) is 0 Å². The molecule has 0 saturated carbocycles. The lowest BCUT2D eigenvalue weighted by molar-refractivity contribution is -0.139. The normalized spacial score (nSPS) is 20.4. The number of rotatable bonds is 3. The van der Waals surface area contributed by atoms with Crippen LogP contribution in [-0.2, 0) is 17.8 Å². The number of carbonyl (C=O) groups is 1. The van der Waals surface area contributed by atoms with Crippen molar-refractivity contribution >= 4 is 5.91 Å². The van der Waals surface area contributed by atoms with E-state index < -0.39 is 0 Å². The standard InChI is InChI=1S/C19H23N3O3/c1-13-16(14(2)25-20-13)12-21-7-9-22(10-8-21)19(23)18-11-15-5-3-4-6-17(15)24-18/h3-6,18H,7-12H2,1-2H3. The highest BCUT2D eigenvalue weighted by Gasteiger charge is 2.33. The number of fused-ring (bicyclic) bond motifs is 1. The summed E-state index contributed by atoms with van der Waals surface area (Å²) in [6.45, 7) is 7.93. The third kappa shape index (κ3) is 3.14. The van der Waals surface area contributed by atoms with E-state index in [1.165, 1.54) is 0 Å². The number of hydrogen-bond acceptors (Lipinski definition) is 5. The van der Waals surface area contributed by atoms with Gasteiger partial charge in [-0.25, -0.2) is 0 Å². The van der Waals surface area contributed by atoms with Crippen molar-refractivity contribution in [2.75, 3.05) is 26.2 Å². The summed E-state index contributed by atoms with van der Waals surface area (Å²) in [7, 11) is 0. The van der Waals surface area contributed by atoms with E-state index in [4.69, 9.17) is 9.26 Å². The fraction of sp³-hybridized carbons (Fsp3) is 0.474. The van der Waals surface area contributed by atoms with Crippen LogP contribution in [0.2, 0.25) is 0 Å². The Bertz CT molecular complexity index is 733. The maximum absolute atomic E-state index is 12.8. The van der Waals surface area contributed by atoms with Crippen LogP contribution >= 0.6 is 0 Å². The van der Waals surface area contributed by atoms with Crippen LogP contribution in [0.1, 0.15) is 22.6 Å². The van der Waals surface area contributed by atoms with Gasteiger partial charge in [0, 0.05) is 44.7 Å². The van der Waals surface area contributed by atoms with E-state index in [0.29, 0.717) is 6.42 Å². The minimum absolute atomic E-state index is 0.105. The zero-order valence-corrected chi connectivity index (χ0v) is 14.7. The average Bonchev–Trinajstić information content (AvgIpc) is 3.20. The van der Waals surface area contributed by atoms with Gasteiger partial charge in [0.25, 0.3) is 5.91 Å². The summed E-state index contributed by atoms with van der Waals surface area (Å²) >= 11 is 0. The molecule has 3 heterocycles. The lowest BCUT2D eigenvalue weighted by atomic mass is 10.1. The largest absolute Gasteiger partial charge is 0.480 e. The molecule has 2 aromatic rings. The molecule has 1 aromatic carbocycles. The van der Waals surface area contributed by atoms with Crippen LogP contribution in [0.25, 0.3) is 0 Å². The van der Waals surface area contributed by atoms with E-state index >= 15 is 0 Å². The van der Waals surface area contributed by atoms with Crippen LogP contribution in [0.4, 0.5) is 0 Å². The van der Waals surface area contributed by atoms with Crippen molar-refractivity contribution in [2.24, 2.45) is 0 Å². The second kappa shape index (κ2) is 6.52. The molecule has 1 amide bonds. The molecular weight excluding hydrogens is 318 g/mol. The maximum atomic E-state index is 12.8. The monoisotopic (exact) mass is 341 g/mol. The van der Waals surface area contributed by atoms with Crippen LogP contribution in [0.3, 0.4) is 0 Å². The first-order chi connectivity index (χ1) is 12.1. The van der Waals surface area contributed by atoms with E-state index in [0.717, 1.165) is 61.1 Å². The second-order valence-corrected chi connectivity index (χ2v) is 6.82. The lowest BCUT2D eigenvalue weighted by Crippen LogP contribution is -2.52. The number of hydrogen-bond donors (Lipinski definition) is 0. The molecule has 0 bridgehead atoms. The maximum Gasteiger partial charge on any atom is 0.264 e. The highest BCUT2D eigenvalue weighted by atomic mass is 16.5. The Labute approximate surface area is 147 Å². The molecule has 0 aliphatic carbocycles. The first-order valence-electron chi connectivity index (χ1n) is 8.79. The summed E-state index contributed by atoms with van der Waals surface area (Å²) < 4.78 is 11.1. The molecule has 1 fully saturated rings. The van der Waals surface area contributed by atoms with Crippen molar-refractivity contribution < 1.29 is 14.1 Å².